The van der Waals surface area contributed by atoms with Gasteiger partial charge in [0, 0.05) is 57.9 Å². The van der Waals surface area contributed by atoms with E-state index in [0.717, 1.165) is 48.9 Å². The van der Waals surface area contributed by atoms with E-state index in [1.165, 1.54) is 32.3 Å². The molecule has 1 saturated heterocycles. The Morgan fingerprint density at radius 3 is 2.39 bits per heavy atom. The monoisotopic (exact) mass is 591 g/mol. The summed E-state index contributed by atoms with van der Waals surface area (Å²) >= 11 is 1.76. The zero-order chi connectivity index (χ0) is 29.0. The lowest BCUT2D eigenvalue weighted by Crippen LogP contribution is -2.48. The van der Waals surface area contributed by atoms with Crippen molar-refractivity contribution in [3.63, 3.8) is 0 Å². The molecule has 4 aromatic rings. The maximum Gasteiger partial charge on any atom is 0.251 e. The van der Waals surface area contributed by atoms with Crippen LogP contribution in [0.25, 0.3) is 10.2 Å². The van der Waals surface area contributed by atoms with Crippen LogP contribution in [0.5, 0.6) is 0 Å². The van der Waals surface area contributed by atoms with E-state index in [-0.39, 0.29) is 10.8 Å². The number of thiazole rings is 1. The van der Waals surface area contributed by atoms with Gasteiger partial charge in [-0.3, -0.25) is 9.69 Å². The van der Waals surface area contributed by atoms with Crippen molar-refractivity contribution < 1.29 is 13.2 Å². The van der Waals surface area contributed by atoms with Gasteiger partial charge in [0.15, 0.2) is 5.13 Å². The highest BCUT2D eigenvalue weighted by Crippen LogP contribution is 2.32. The molecule has 216 valence electrons. The average Bonchev–Trinajstić information content (AvgIpc) is 3.41. The van der Waals surface area contributed by atoms with Crippen LogP contribution in [0.15, 0.2) is 71.6 Å². The van der Waals surface area contributed by atoms with E-state index in [0.29, 0.717) is 25.2 Å². The summed E-state index contributed by atoms with van der Waals surface area (Å²) in [7, 11) is -3.67. The van der Waals surface area contributed by atoms with Crippen LogP contribution >= 0.6 is 11.3 Å². The molecule has 1 aliphatic heterocycles. The lowest BCUT2D eigenvalue weighted by molar-refractivity contribution is 0.0947. The van der Waals surface area contributed by atoms with Crippen molar-refractivity contribution in [2.24, 2.45) is 0 Å². The largest absolute Gasteiger partial charge is 0.351 e. The lowest BCUT2D eigenvalue weighted by atomic mass is 10.1. The number of nitrogens with one attached hydrogen (secondary N) is 1. The van der Waals surface area contributed by atoms with E-state index in [1.807, 2.05) is 37.3 Å². The number of anilines is 1. The molecule has 1 fully saturated rings. The van der Waals surface area contributed by atoms with Crippen LogP contribution in [0, 0.1) is 13.8 Å². The molecule has 1 aromatic heterocycles. The third-order valence-corrected chi connectivity index (χ3v) is 10.7. The Morgan fingerprint density at radius 2 is 1.71 bits per heavy atom. The van der Waals surface area contributed by atoms with Gasteiger partial charge in [0.25, 0.3) is 5.91 Å². The number of carbonyl (C=O) groups is 1. The van der Waals surface area contributed by atoms with Crippen molar-refractivity contribution in [1.29, 1.82) is 0 Å². The van der Waals surface area contributed by atoms with Crippen LogP contribution in [0.4, 0.5) is 5.13 Å². The summed E-state index contributed by atoms with van der Waals surface area (Å²) in [5.41, 5.74) is 4.97. The zero-order valence-corrected chi connectivity index (χ0v) is 25.5. The first-order valence-electron chi connectivity index (χ1n) is 14.0. The van der Waals surface area contributed by atoms with E-state index in [2.05, 4.69) is 41.1 Å². The second-order valence-corrected chi connectivity index (χ2v) is 13.4. The molecule has 2 heterocycles. The third kappa shape index (κ3) is 6.78. The first kappa shape index (κ1) is 29.2. The van der Waals surface area contributed by atoms with Crippen LogP contribution in [0.1, 0.15) is 34.0 Å². The number of hydrogen-bond acceptors (Lipinski definition) is 7. The summed E-state index contributed by atoms with van der Waals surface area (Å²) in [5.74, 6) is -0.204. The number of carbonyl (C=O) groups excluding carboxylic acids is 1. The summed E-state index contributed by atoms with van der Waals surface area (Å²) in [5, 5.41) is 4.06. The average molecular weight is 592 g/mol. The minimum absolute atomic E-state index is 0.183. The Morgan fingerprint density at radius 1 is 1.00 bits per heavy atom. The fourth-order valence-corrected chi connectivity index (χ4v) is 7.68. The number of sulfonamides is 1. The number of aromatic nitrogens is 1. The molecule has 1 aliphatic rings. The van der Waals surface area contributed by atoms with Crippen molar-refractivity contribution in [3.05, 3.63) is 89.0 Å². The molecule has 3 aromatic carbocycles. The topological polar surface area (TPSA) is 85.8 Å². The smallest absolute Gasteiger partial charge is 0.251 e. The van der Waals surface area contributed by atoms with Gasteiger partial charge in [-0.1, -0.05) is 54.7 Å². The van der Waals surface area contributed by atoms with Gasteiger partial charge in [-0.25, -0.2) is 13.4 Å². The number of benzene rings is 3. The van der Waals surface area contributed by atoms with Crippen LogP contribution in [-0.4, -0.2) is 74.3 Å². The van der Waals surface area contributed by atoms with Gasteiger partial charge in [-0.15, -0.1) is 0 Å². The predicted octanol–water partition coefficient (Wildman–Crippen LogP) is 4.68. The van der Waals surface area contributed by atoms with Gasteiger partial charge in [0.2, 0.25) is 10.0 Å². The standard InChI is InChI=1S/C31H37N5O3S2/c1-4-36(22-25-8-6-5-7-9-25)41(38,39)27-12-10-26(11-13-27)30(37)32-14-15-34-16-18-35(19-17-34)31-33-28-21-23(2)20-24(3)29(28)40-31/h5-13,20-21H,4,14-19,22H2,1-3H3,(H,32,37). The van der Waals surface area contributed by atoms with Gasteiger partial charge < -0.3 is 10.2 Å². The molecule has 8 nitrogen and oxygen atoms in total. The highest BCUT2D eigenvalue weighted by atomic mass is 32.2. The zero-order valence-electron chi connectivity index (χ0n) is 23.8. The second kappa shape index (κ2) is 12.7. The highest BCUT2D eigenvalue weighted by Gasteiger charge is 2.24. The van der Waals surface area contributed by atoms with E-state index in [1.54, 1.807) is 23.5 Å². The van der Waals surface area contributed by atoms with E-state index in [9.17, 15) is 13.2 Å². The maximum atomic E-state index is 13.2. The summed E-state index contributed by atoms with van der Waals surface area (Å²) in [6.45, 7) is 11.6. The van der Waals surface area contributed by atoms with Crippen molar-refractivity contribution in [2.75, 3.05) is 50.7 Å². The summed E-state index contributed by atoms with van der Waals surface area (Å²) in [6.07, 6.45) is 0. The molecule has 0 saturated carbocycles. The van der Waals surface area contributed by atoms with Gasteiger partial charge >= 0.3 is 0 Å². The quantitative estimate of drug-likeness (QED) is 0.288. The lowest BCUT2D eigenvalue weighted by Gasteiger charge is -2.34. The van der Waals surface area contributed by atoms with Gasteiger partial charge in [0.1, 0.15) is 0 Å². The molecule has 0 radical (unpaired) electrons. The molecule has 0 bridgehead atoms. The molecule has 10 heteroatoms. The molecular weight excluding hydrogens is 555 g/mol. The first-order valence-corrected chi connectivity index (χ1v) is 16.3. The molecule has 0 atom stereocenters. The van der Waals surface area contributed by atoms with Crippen LogP contribution in [0.3, 0.4) is 0 Å². The molecule has 1 amide bonds. The Hall–Kier alpha value is -3.31. The fourth-order valence-electron chi connectivity index (χ4n) is 5.17. The molecule has 5 rings (SSSR count). The van der Waals surface area contributed by atoms with Gasteiger partial charge in [-0.05, 0) is 60.9 Å². The summed E-state index contributed by atoms with van der Waals surface area (Å²) in [4.78, 5) is 22.5. The van der Waals surface area contributed by atoms with E-state index in [4.69, 9.17) is 4.98 Å². The first-order chi connectivity index (χ1) is 19.7. The Bertz CT molecular complexity index is 1600. The molecule has 41 heavy (non-hydrogen) atoms. The molecule has 0 unspecified atom stereocenters. The molecule has 0 spiro atoms. The van der Waals surface area contributed by atoms with Crippen LogP contribution in [0.2, 0.25) is 0 Å². The van der Waals surface area contributed by atoms with Gasteiger partial charge in [0.05, 0.1) is 15.1 Å². The van der Waals surface area contributed by atoms with E-state index < -0.39 is 10.0 Å². The Balaban J connectivity index is 1.10. The Kier molecular flexibility index (Phi) is 9.03. The third-order valence-electron chi connectivity index (χ3n) is 7.47. The van der Waals surface area contributed by atoms with E-state index >= 15 is 0 Å². The van der Waals surface area contributed by atoms with Crippen molar-refractivity contribution in [2.45, 2.75) is 32.2 Å². The number of piperazine rings is 1. The van der Waals surface area contributed by atoms with Crippen molar-refractivity contribution >= 4 is 42.6 Å². The number of nitrogens with zero attached hydrogens (tertiary/aromatic N) is 4. The summed E-state index contributed by atoms with van der Waals surface area (Å²) < 4.78 is 29.1. The molecule has 1 N–H and O–H groups in total. The SMILES string of the molecule is CCN(Cc1ccccc1)S(=O)(=O)c1ccc(C(=O)NCCN2CCN(c3nc4cc(C)cc(C)c4s3)CC2)cc1. The molecule has 0 aliphatic carbocycles. The fraction of sp³-hybridized carbons (Fsp3) is 0.355. The van der Waals surface area contributed by atoms with Crippen molar-refractivity contribution in [1.82, 2.24) is 19.5 Å². The predicted molar refractivity (Wildman–Crippen MR) is 166 cm³/mol. The number of fused-ring (bicyclic) bond motifs is 1. The number of amides is 1. The second-order valence-electron chi connectivity index (χ2n) is 10.5. The van der Waals surface area contributed by atoms with Gasteiger partial charge in [-0.2, -0.15) is 4.31 Å². The number of aryl methyl sites for hydroxylation is 2. The number of hydrogen-bond donors (Lipinski definition) is 1. The normalized spacial score (nSPS) is 14.6. The van der Waals surface area contributed by atoms with Crippen LogP contribution in [-0.2, 0) is 16.6 Å². The summed E-state index contributed by atoms with van der Waals surface area (Å²) in [6, 6.07) is 20.1. The highest BCUT2D eigenvalue weighted by molar-refractivity contribution is 7.89. The number of rotatable bonds is 10. The minimum Gasteiger partial charge on any atom is -0.351 e. The molecular formula is C31H37N5O3S2. The minimum atomic E-state index is -3.67. The van der Waals surface area contributed by atoms with Crippen molar-refractivity contribution in [3.8, 4) is 0 Å². The Labute approximate surface area is 246 Å². The maximum absolute atomic E-state index is 13.2. The van der Waals surface area contributed by atoms with Crippen LogP contribution < -0.4 is 10.2 Å².